The maximum Gasteiger partial charge on any atom is 0.234 e. The molecular weight excluding hydrogens is 240 g/mol. The SMILES string of the molecule is CCCCc1cc(CCC(=O)NN)cc(CC)c1O. The van der Waals surface area contributed by atoms with E-state index >= 15 is 0 Å². The number of hydrazine groups is 1. The van der Waals surface area contributed by atoms with Crippen molar-refractivity contribution in [3.8, 4) is 5.75 Å². The molecule has 19 heavy (non-hydrogen) atoms. The maximum atomic E-state index is 11.2. The molecular formula is C15H24N2O2. The number of phenolic OH excluding ortho intramolecular Hbond substituents is 1. The number of aryl methyl sites for hydroxylation is 3. The van der Waals surface area contributed by atoms with Crippen LogP contribution in [0.4, 0.5) is 0 Å². The van der Waals surface area contributed by atoms with Crippen LogP contribution in [0.3, 0.4) is 0 Å². The lowest BCUT2D eigenvalue weighted by Crippen LogP contribution is -2.30. The average Bonchev–Trinajstić information content (AvgIpc) is 2.44. The number of nitrogens with two attached hydrogens (primary N) is 1. The van der Waals surface area contributed by atoms with E-state index in [2.05, 4.69) is 12.3 Å². The summed E-state index contributed by atoms with van der Waals surface area (Å²) < 4.78 is 0. The molecule has 0 heterocycles. The van der Waals surface area contributed by atoms with Gasteiger partial charge in [-0.15, -0.1) is 0 Å². The highest BCUT2D eigenvalue weighted by Crippen LogP contribution is 2.27. The van der Waals surface area contributed by atoms with Gasteiger partial charge in [0.2, 0.25) is 5.91 Å². The van der Waals surface area contributed by atoms with Crippen molar-refractivity contribution < 1.29 is 9.90 Å². The fourth-order valence-electron chi connectivity index (χ4n) is 2.13. The van der Waals surface area contributed by atoms with E-state index < -0.39 is 0 Å². The number of hydrogen-bond acceptors (Lipinski definition) is 3. The maximum absolute atomic E-state index is 11.2. The summed E-state index contributed by atoms with van der Waals surface area (Å²) in [5.74, 6) is 5.33. The van der Waals surface area contributed by atoms with Crippen LogP contribution in [-0.4, -0.2) is 11.0 Å². The van der Waals surface area contributed by atoms with E-state index in [-0.39, 0.29) is 5.91 Å². The average molecular weight is 264 g/mol. The molecule has 0 unspecified atom stereocenters. The van der Waals surface area contributed by atoms with E-state index in [1.165, 1.54) is 0 Å². The van der Waals surface area contributed by atoms with Crippen LogP contribution >= 0.6 is 0 Å². The fraction of sp³-hybridized carbons (Fsp3) is 0.533. The summed E-state index contributed by atoms with van der Waals surface area (Å²) in [7, 11) is 0. The minimum atomic E-state index is -0.166. The van der Waals surface area contributed by atoms with Crippen molar-refractivity contribution >= 4 is 5.91 Å². The summed E-state index contributed by atoms with van der Waals surface area (Å²) in [5, 5.41) is 10.2. The third-order valence-corrected chi connectivity index (χ3v) is 3.31. The number of amides is 1. The van der Waals surface area contributed by atoms with Crippen molar-refractivity contribution in [1.82, 2.24) is 5.43 Å². The molecule has 0 aliphatic carbocycles. The van der Waals surface area contributed by atoms with Crippen molar-refractivity contribution in [3.63, 3.8) is 0 Å². The predicted octanol–water partition coefficient (Wildman–Crippen LogP) is 2.22. The normalized spacial score (nSPS) is 10.5. The van der Waals surface area contributed by atoms with Gasteiger partial charge in [0.25, 0.3) is 0 Å². The number of rotatable bonds is 7. The molecule has 1 amide bonds. The molecule has 0 aliphatic heterocycles. The molecule has 1 aromatic rings. The zero-order valence-electron chi connectivity index (χ0n) is 11.8. The Hall–Kier alpha value is -1.55. The van der Waals surface area contributed by atoms with Gasteiger partial charge >= 0.3 is 0 Å². The highest BCUT2D eigenvalue weighted by molar-refractivity contribution is 5.75. The van der Waals surface area contributed by atoms with E-state index in [0.29, 0.717) is 18.6 Å². The molecule has 0 aromatic heterocycles. The summed E-state index contributed by atoms with van der Waals surface area (Å²) in [6, 6.07) is 3.99. The summed E-state index contributed by atoms with van der Waals surface area (Å²) in [6.07, 6.45) is 4.85. The standard InChI is InChI=1S/C15H24N2O2/c1-3-5-6-13-10-11(7-8-14(18)17-16)9-12(4-2)15(13)19/h9-10,19H,3-8,16H2,1-2H3,(H,17,18). The van der Waals surface area contributed by atoms with Gasteiger partial charge in [0.1, 0.15) is 5.75 Å². The Morgan fingerprint density at radius 2 is 1.95 bits per heavy atom. The van der Waals surface area contributed by atoms with Gasteiger partial charge in [0.05, 0.1) is 0 Å². The monoisotopic (exact) mass is 264 g/mol. The van der Waals surface area contributed by atoms with Crippen LogP contribution in [0.1, 0.15) is 49.8 Å². The van der Waals surface area contributed by atoms with Crippen LogP contribution in [0.2, 0.25) is 0 Å². The third-order valence-electron chi connectivity index (χ3n) is 3.31. The van der Waals surface area contributed by atoms with Gasteiger partial charge in [-0.1, -0.05) is 32.4 Å². The first kappa shape index (κ1) is 15.5. The number of hydrogen-bond donors (Lipinski definition) is 3. The smallest absolute Gasteiger partial charge is 0.234 e. The first-order valence-corrected chi connectivity index (χ1v) is 6.95. The molecule has 0 saturated carbocycles. The topological polar surface area (TPSA) is 75.4 Å². The number of carbonyl (C=O) groups is 1. The van der Waals surface area contributed by atoms with Crippen molar-refractivity contribution in [2.45, 2.75) is 52.4 Å². The number of carbonyl (C=O) groups excluding carboxylic acids is 1. The van der Waals surface area contributed by atoms with Crippen LogP contribution in [0.25, 0.3) is 0 Å². The van der Waals surface area contributed by atoms with E-state index in [1.807, 2.05) is 19.1 Å². The Labute approximate surface area is 115 Å². The second-order valence-corrected chi connectivity index (χ2v) is 4.79. The number of benzene rings is 1. The van der Waals surface area contributed by atoms with Crippen LogP contribution in [0.15, 0.2) is 12.1 Å². The van der Waals surface area contributed by atoms with Gasteiger partial charge in [-0.2, -0.15) is 0 Å². The predicted molar refractivity (Wildman–Crippen MR) is 76.7 cm³/mol. The second kappa shape index (κ2) is 7.79. The van der Waals surface area contributed by atoms with E-state index in [4.69, 9.17) is 5.84 Å². The molecule has 1 aromatic carbocycles. The molecule has 0 atom stereocenters. The summed E-state index contributed by atoms with van der Waals surface area (Å²) in [6.45, 7) is 4.16. The lowest BCUT2D eigenvalue weighted by molar-refractivity contribution is -0.121. The van der Waals surface area contributed by atoms with Crippen molar-refractivity contribution in [2.75, 3.05) is 0 Å². The summed E-state index contributed by atoms with van der Waals surface area (Å²) in [4.78, 5) is 11.2. The summed E-state index contributed by atoms with van der Waals surface area (Å²) >= 11 is 0. The molecule has 106 valence electrons. The zero-order chi connectivity index (χ0) is 14.3. The van der Waals surface area contributed by atoms with Crippen LogP contribution in [0, 0.1) is 0 Å². The number of unbranched alkanes of at least 4 members (excludes halogenated alkanes) is 1. The fourth-order valence-corrected chi connectivity index (χ4v) is 2.13. The van der Waals surface area contributed by atoms with Gasteiger partial charge in [-0.05, 0) is 42.4 Å². The van der Waals surface area contributed by atoms with E-state index in [9.17, 15) is 9.90 Å². The molecule has 0 radical (unpaired) electrons. The van der Waals surface area contributed by atoms with Crippen LogP contribution in [-0.2, 0) is 24.1 Å². The van der Waals surface area contributed by atoms with Crippen molar-refractivity contribution in [2.24, 2.45) is 5.84 Å². The van der Waals surface area contributed by atoms with Crippen molar-refractivity contribution in [3.05, 3.63) is 28.8 Å². The Balaban J connectivity index is 2.88. The Bertz CT molecular complexity index is 430. The van der Waals surface area contributed by atoms with Gasteiger partial charge in [0.15, 0.2) is 0 Å². The quantitative estimate of drug-likeness (QED) is 0.401. The Morgan fingerprint density at radius 3 is 2.53 bits per heavy atom. The molecule has 0 aliphatic rings. The lowest BCUT2D eigenvalue weighted by Gasteiger charge is -2.12. The highest BCUT2D eigenvalue weighted by atomic mass is 16.3. The van der Waals surface area contributed by atoms with E-state index in [0.717, 1.165) is 42.4 Å². The first-order chi connectivity index (χ1) is 9.12. The van der Waals surface area contributed by atoms with Gasteiger partial charge in [-0.3, -0.25) is 10.2 Å². The zero-order valence-corrected chi connectivity index (χ0v) is 11.8. The lowest BCUT2D eigenvalue weighted by atomic mass is 9.96. The minimum Gasteiger partial charge on any atom is -0.507 e. The molecule has 1 rings (SSSR count). The number of phenols is 1. The third kappa shape index (κ3) is 4.56. The van der Waals surface area contributed by atoms with E-state index in [1.54, 1.807) is 0 Å². The molecule has 0 spiro atoms. The molecule has 0 fully saturated rings. The highest BCUT2D eigenvalue weighted by Gasteiger charge is 2.09. The van der Waals surface area contributed by atoms with Gasteiger partial charge < -0.3 is 5.11 Å². The van der Waals surface area contributed by atoms with Gasteiger partial charge in [-0.25, -0.2) is 5.84 Å². The number of nitrogens with one attached hydrogen (secondary N) is 1. The minimum absolute atomic E-state index is 0.166. The largest absolute Gasteiger partial charge is 0.507 e. The van der Waals surface area contributed by atoms with Crippen molar-refractivity contribution in [1.29, 1.82) is 0 Å². The number of aromatic hydroxyl groups is 1. The Kier molecular flexibility index (Phi) is 6.36. The van der Waals surface area contributed by atoms with Gasteiger partial charge in [0, 0.05) is 6.42 Å². The summed E-state index contributed by atoms with van der Waals surface area (Å²) in [5.41, 5.74) is 5.17. The molecule has 4 nitrogen and oxygen atoms in total. The van der Waals surface area contributed by atoms with Crippen LogP contribution < -0.4 is 11.3 Å². The molecule has 0 bridgehead atoms. The molecule has 4 heteroatoms. The molecule has 4 N–H and O–H groups in total. The second-order valence-electron chi connectivity index (χ2n) is 4.79. The first-order valence-electron chi connectivity index (χ1n) is 6.95. The Morgan fingerprint density at radius 1 is 1.26 bits per heavy atom. The molecule has 0 saturated heterocycles. The van der Waals surface area contributed by atoms with Crippen LogP contribution in [0.5, 0.6) is 5.75 Å².